The summed E-state index contributed by atoms with van der Waals surface area (Å²) in [5.41, 5.74) is 10.2. The first kappa shape index (κ1) is 37.0. The lowest BCUT2D eigenvalue weighted by Crippen LogP contribution is -2.24. The smallest absolute Gasteiger partial charge is 0.251 e. The van der Waals surface area contributed by atoms with E-state index in [0.717, 1.165) is 73.0 Å². The Morgan fingerprint density at radius 1 is 0.533 bits per heavy atom. The summed E-state index contributed by atoms with van der Waals surface area (Å²) < 4.78 is 6.47. The highest BCUT2D eigenvalue weighted by Gasteiger charge is 2.37. The van der Waals surface area contributed by atoms with Gasteiger partial charge < -0.3 is 10.0 Å². The molecule has 4 nitrogen and oxygen atoms in total. The van der Waals surface area contributed by atoms with E-state index in [1.165, 1.54) is 31.8 Å². The minimum atomic E-state index is -0.0996. The van der Waals surface area contributed by atoms with Gasteiger partial charge in [-0.1, -0.05) is 70.8 Å². The van der Waals surface area contributed by atoms with Crippen molar-refractivity contribution in [1.82, 2.24) is 4.58 Å². The molecular formula is C52H37N2O2S4+. The molecule has 11 rings (SSSR count). The zero-order valence-electron chi connectivity index (χ0n) is 33.2. The Balaban J connectivity index is 0.932. The maximum atomic E-state index is 13.9. The molecule has 0 unspecified atom stereocenters. The first-order valence-electron chi connectivity index (χ1n) is 19.8. The van der Waals surface area contributed by atoms with Crippen LogP contribution in [0.1, 0.15) is 27.1 Å². The van der Waals surface area contributed by atoms with Gasteiger partial charge in [-0.2, -0.15) is 0 Å². The Kier molecular flexibility index (Phi) is 8.83. The number of allylic oxidation sites excluding steroid dienone is 2. The number of hydrogen-bond donors (Lipinski definition) is 1. The summed E-state index contributed by atoms with van der Waals surface area (Å²) >= 11 is 6.64. The molecule has 0 saturated heterocycles. The average molecular weight is 850 g/mol. The third kappa shape index (κ3) is 6.34. The predicted molar refractivity (Wildman–Crippen MR) is 260 cm³/mol. The van der Waals surface area contributed by atoms with E-state index in [-0.39, 0.29) is 11.5 Å². The number of fused-ring (bicyclic) bond motifs is 4. The molecule has 1 N–H and O–H groups in total. The van der Waals surface area contributed by atoms with E-state index in [4.69, 9.17) is 0 Å². The van der Waals surface area contributed by atoms with Gasteiger partial charge in [-0.05, 0) is 128 Å². The number of aryl methyl sites for hydroxylation is 4. The van der Waals surface area contributed by atoms with Gasteiger partial charge in [0.1, 0.15) is 10.8 Å². The van der Waals surface area contributed by atoms with E-state index in [1.807, 2.05) is 0 Å². The second-order valence-corrected chi connectivity index (χ2v) is 20.0. The van der Waals surface area contributed by atoms with E-state index < -0.39 is 0 Å². The van der Waals surface area contributed by atoms with Crippen LogP contribution in [-0.4, -0.2) is 15.9 Å². The lowest BCUT2D eigenvalue weighted by Gasteiger charge is -2.23. The Morgan fingerprint density at radius 3 is 1.63 bits per heavy atom. The molecule has 6 aromatic carbocycles. The number of carbonyl (C=O) groups excluding carboxylic acids is 1. The number of ketones is 1. The van der Waals surface area contributed by atoms with Crippen LogP contribution in [-0.2, 0) is 4.79 Å². The number of benzene rings is 6. The van der Waals surface area contributed by atoms with E-state index in [1.54, 1.807) is 45.8 Å². The zero-order valence-corrected chi connectivity index (χ0v) is 36.5. The normalized spacial score (nSPS) is 14.6. The molecule has 0 amide bonds. The monoisotopic (exact) mass is 849 g/mol. The van der Waals surface area contributed by atoms with E-state index in [9.17, 15) is 9.90 Å². The van der Waals surface area contributed by atoms with Crippen LogP contribution in [0, 0.1) is 27.7 Å². The van der Waals surface area contributed by atoms with Crippen LogP contribution in [0.2, 0.25) is 0 Å². The number of Topliss-reactive ketones (excluding diaryl/α,β-unsaturated/α-hetero) is 1. The number of thioether (sulfide) groups is 1. The molecule has 0 spiro atoms. The number of aliphatic hydroxyl groups is 1. The van der Waals surface area contributed by atoms with Crippen LogP contribution in [0.4, 0.5) is 27.8 Å². The number of anilines is 3. The molecule has 60 heavy (non-hydrogen) atoms. The summed E-state index contributed by atoms with van der Waals surface area (Å²) in [4.78, 5) is 18.2. The molecular weight excluding hydrogens is 813 g/mol. The van der Waals surface area contributed by atoms with Crippen molar-refractivity contribution in [2.75, 3.05) is 4.90 Å². The quantitative estimate of drug-likeness (QED) is 0.169. The molecule has 0 fully saturated rings. The molecule has 0 radical (unpaired) electrons. The number of rotatable bonds is 6. The summed E-state index contributed by atoms with van der Waals surface area (Å²) in [6.07, 6.45) is 2.26. The third-order valence-electron chi connectivity index (χ3n) is 11.3. The Morgan fingerprint density at radius 2 is 1.05 bits per heavy atom. The predicted octanol–water partition coefficient (Wildman–Crippen LogP) is 13.6. The van der Waals surface area contributed by atoms with E-state index in [0.29, 0.717) is 11.1 Å². The van der Waals surface area contributed by atoms with Gasteiger partial charge in [-0.3, -0.25) is 4.79 Å². The molecule has 4 heterocycles. The van der Waals surface area contributed by atoms with Crippen molar-refractivity contribution in [3.63, 3.8) is 0 Å². The highest BCUT2D eigenvalue weighted by molar-refractivity contribution is 8.15. The maximum absolute atomic E-state index is 13.9. The van der Waals surface area contributed by atoms with Gasteiger partial charge in [-0.15, -0.1) is 38.6 Å². The number of thiophene rings is 3. The fourth-order valence-electron chi connectivity index (χ4n) is 8.03. The van der Waals surface area contributed by atoms with Crippen molar-refractivity contribution in [1.29, 1.82) is 0 Å². The van der Waals surface area contributed by atoms with Crippen molar-refractivity contribution < 1.29 is 9.90 Å². The molecule has 8 heteroatoms. The van der Waals surface area contributed by atoms with Crippen molar-refractivity contribution in [3.05, 3.63) is 182 Å². The van der Waals surface area contributed by atoms with Gasteiger partial charge >= 0.3 is 0 Å². The number of aliphatic hydroxyl groups excluding tert-OH is 1. The standard InChI is InChI=1S/C52H36N2O2S4/c1-29-5-13-37(14-6-29)53(38-15-7-30(2)8-16-38)47-27-35-23-41-33(21-43(35)59-47)25-45(57-41)49-51(55)50(52(49)56)46-26-34-22-44-36(24-42(34)58-46)28-48(60-44)54(39-17-9-31(3)10-18-39)40-19-11-32(4)12-20-40/h5-28H,1-4H3/p+1. The Labute approximate surface area is 363 Å². The van der Waals surface area contributed by atoms with Crippen LogP contribution < -0.4 is 19.2 Å². The van der Waals surface area contributed by atoms with Gasteiger partial charge in [-0.25, -0.2) is 0 Å². The highest BCUT2D eigenvalue weighted by atomic mass is 32.2. The van der Waals surface area contributed by atoms with Crippen LogP contribution in [0.3, 0.4) is 0 Å². The third-order valence-corrected chi connectivity index (χ3v) is 15.7. The Bertz CT molecular complexity index is 3290. The molecule has 9 aromatic rings. The minimum absolute atomic E-state index is 0.0879. The average Bonchev–Trinajstić information content (AvgIpc) is 4.03. The van der Waals surface area contributed by atoms with Crippen LogP contribution >= 0.6 is 45.8 Å². The van der Waals surface area contributed by atoms with Crippen LogP contribution in [0.25, 0.3) is 47.5 Å². The van der Waals surface area contributed by atoms with E-state index >= 15 is 0 Å². The van der Waals surface area contributed by atoms with Gasteiger partial charge in [0.2, 0.25) is 17.2 Å². The molecule has 0 saturated carbocycles. The summed E-state index contributed by atoms with van der Waals surface area (Å²) in [5, 5.41) is 18.2. The van der Waals surface area contributed by atoms with Crippen molar-refractivity contribution in [3.8, 4) is 0 Å². The largest absolute Gasteiger partial charge is 0.506 e. The van der Waals surface area contributed by atoms with Crippen LogP contribution in [0.5, 0.6) is 0 Å². The second-order valence-electron chi connectivity index (χ2n) is 15.7. The minimum Gasteiger partial charge on any atom is -0.506 e. The first-order valence-corrected chi connectivity index (χ1v) is 23.1. The number of carbonyl (C=O) groups is 1. The molecule has 1 aliphatic heterocycles. The van der Waals surface area contributed by atoms with Gasteiger partial charge in [0.25, 0.3) is 5.04 Å². The van der Waals surface area contributed by atoms with Gasteiger partial charge in [0.15, 0.2) is 0 Å². The van der Waals surface area contributed by atoms with E-state index in [2.05, 4.69) is 183 Å². The fraction of sp³-hybridized carbons (Fsp3) is 0.0769. The summed E-state index contributed by atoms with van der Waals surface area (Å²) in [6, 6.07) is 49.9. The van der Waals surface area contributed by atoms with Crippen molar-refractivity contribution in [2.45, 2.75) is 32.6 Å². The topological polar surface area (TPSA) is 43.5 Å². The lowest BCUT2D eigenvalue weighted by molar-refractivity contribution is -0.109. The summed E-state index contributed by atoms with van der Waals surface area (Å²) in [5.74, 6) is -0.0116. The van der Waals surface area contributed by atoms with Crippen LogP contribution in [0.15, 0.2) is 150 Å². The fourth-order valence-corrected chi connectivity index (χ4v) is 12.6. The van der Waals surface area contributed by atoms with Crippen molar-refractivity contribution in [2.24, 2.45) is 0 Å². The molecule has 1 aliphatic carbocycles. The first-order chi connectivity index (χ1) is 29.1. The molecule has 2 aliphatic rings. The second kappa shape index (κ2) is 14.3. The zero-order chi connectivity index (χ0) is 40.8. The molecule has 0 bridgehead atoms. The SMILES string of the molecule is Cc1ccc(N(c2ccc(C)cc2)c2cc3cc4sc(C5=C(O)/C(=c6\cc7cc8c(cc7s6)=CC(=[N+](c6ccc(C)cc6)c6ccc(C)cc6)S8)C5=O)cc4cc3s2)cc1. The summed E-state index contributed by atoms with van der Waals surface area (Å²) in [6.45, 7) is 8.45. The Hall–Kier alpha value is -6.03. The van der Waals surface area contributed by atoms with Gasteiger partial charge in [0.05, 0.1) is 11.1 Å². The number of hydrogen-bond acceptors (Lipinski definition) is 7. The highest BCUT2D eigenvalue weighted by Crippen LogP contribution is 2.46. The molecule has 3 aromatic heterocycles. The molecule has 0 atom stereocenters. The van der Waals surface area contributed by atoms with Gasteiger partial charge in [0, 0.05) is 70.1 Å². The summed E-state index contributed by atoms with van der Waals surface area (Å²) in [7, 11) is 0. The van der Waals surface area contributed by atoms with Crippen molar-refractivity contribution >= 4 is 132 Å². The number of nitrogens with zero attached hydrogens (tertiary/aromatic N) is 2. The molecule has 290 valence electrons. The lowest BCUT2D eigenvalue weighted by atomic mass is 9.87. The maximum Gasteiger partial charge on any atom is 0.251 e.